The summed E-state index contributed by atoms with van der Waals surface area (Å²) in [5, 5.41) is 0.285. The Labute approximate surface area is 151 Å². The molecule has 3 rings (SSSR count). The summed E-state index contributed by atoms with van der Waals surface area (Å²) in [6, 6.07) is 7.80. The summed E-state index contributed by atoms with van der Waals surface area (Å²) in [6.45, 7) is 0.0463. The molecule has 0 saturated heterocycles. The molecule has 134 valence electrons. The Kier molecular flexibility index (Phi) is 4.55. The fraction of sp³-hybridized carbons (Fsp3) is 0.250. The van der Waals surface area contributed by atoms with Crippen LogP contribution < -0.4 is 4.31 Å². The average Bonchev–Trinajstić information content (AvgIpc) is 2.57. The van der Waals surface area contributed by atoms with E-state index in [2.05, 4.69) is 0 Å². The first kappa shape index (κ1) is 18.2. The second-order valence-corrected chi connectivity index (χ2v) is 9.98. The Bertz CT molecular complexity index is 1050. The van der Waals surface area contributed by atoms with Gasteiger partial charge >= 0.3 is 0 Å². The largest absolute Gasteiger partial charge is 0.265 e. The Morgan fingerprint density at radius 3 is 2.32 bits per heavy atom. The van der Waals surface area contributed by atoms with Crippen molar-refractivity contribution in [2.24, 2.45) is 0 Å². The Hall–Kier alpha value is -1.64. The molecule has 1 heterocycles. The van der Waals surface area contributed by atoms with Gasteiger partial charge in [0.2, 0.25) is 0 Å². The third-order valence-electron chi connectivity index (χ3n) is 4.03. The first-order valence-electron chi connectivity index (χ1n) is 7.43. The van der Waals surface area contributed by atoms with E-state index < -0.39 is 25.7 Å². The molecule has 0 fully saturated rings. The highest BCUT2D eigenvalue weighted by atomic mass is 35.5. The monoisotopic (exact) mass is 403 g/mol. The van der Waals surface area contributed by atoms with Gasteiger partial charge in [0, 0.05) is 17.8 Å². The number of fused-ring (bicyclic) bond motifs is 1. The number of anilines is 1. The van der Waals surface area contributed by atoms with Crippen LogP contribution in [0.2, 0.25) is 5.02 Å². The van der Waals surface area contributed by atoms with Crippen molar-refractivity contribution in [2.45, 2.75) is 22.6 Å². The Morgan fingerprint density at radius 2 is 1.68 bits per heavy atom. The lowest BCUT2D eigenvalue weighted by atomic mass is 10.0. The topological polar surface area (TPSA) is 71.5 Å². The van der Waals surface area contributed by atoms with Gasteiger partial charge in [-0.2, -0.15) is 0 Å². The van der Waals surface area contributed by atoms with Gasteiger partial charge in [-0.25, -0.2) is 21.2 Å². The molecule has 0 radical (unpaired) electrons. The lowest BCUT2D eigenvalue weighted by molar-refractivity contribution is 0.572. The van der Waals surface area contributed by atoms with E-state index in [1.807, 2.05) is 0 Å². The van der Waals surface area contributed by atoms with Crippen molar-refractivity contribution in [1.29, 1.82) is 0 Å². The van der Waals surface area contributed by atoms with Crippen LogP contribution in [0.15, 0.2) is 46.2 Å². The predicted molar refractivity (Wildman–Crippen MR) is 93.8 cm³/mol. The number of nitrogens with zero attached hydrogens (tertiary/aromatic N) is 1. The molecule has 0 saturated carbocycles. The molecule has 0 spiro atoms. The summed E-state index contributed by atoms with van der Waals surface area (Å²) in [7, 11) is -8.05. The number of sulfonamides is 1. The first-order valence-corrected chi connectivity index (χ1v) is 11.1. The fourth-order valence-electron chi connectivity index (χ4n) is 2.93. The standard InChI is InChI=1S/C16H15ClFNO4S2/c1-24(20,21)14-6-2-3-7-15(14)25(22,23)19-10-4-5-11-12(17)8-9-13(18)16(11)19/h2-3,6-9H,4-5,10H2,1H3. The van der Waals surface area contributed by atoms with Crippen LogP contribution in [0.1, 0.15) is 12.0 Å². The van der Waals surface area contributed by atoms with E-state index >= 15 is 0 Å². The summed E-state index contributed by atoms with van der Waals surface area (Å²) in [5.41, 5.74) is 0.301. The van der Waals surface area contributed by atoms with Gasteiger partial charge in [-0.1, -0.05) is 23.7 Å². The quantitative estimate of drug-likeness (QED) is 0.789. The second kappa shape index (κ2) is 6.26. The summed E-state index contributed by atoms with van der Waals surface area (Å²) in [5.74, 6) is -0.709. The van der Waals surface area contributed by atoms with Crippen molar-refractivity contribution in [3.63, 3.8) is 0 Å². The van der Waals surface area contributed by atoms with Crippen LogP contribution >= 0.6 is 11.6 Å². The maximum Gasteiger partial charge on any atom is 0.265 e. The minimum absolute atomic E-state index is 0.0463. The van der Waals surface area contributed by atoms with E-state index in [1.54, 1.807) is 0 Å². The first-order chi connectivity index (χ1) is 11.6. The maximum absolute atomic E-state index is 14.4. The Balaban J connectivity index is 2.25. The number of hydrogen-bond acceptors (Lipinski definition) is 4. The summed E-state index contributed by atoms with van der Waals surface area (Å²) < 4.78 is 65.5. The van der Waals surface area contributed by atoms with Crippen molar-refractivity contribution in [2.75, 3.05) is 17.1 Å². The van der Waals surface area contributed by atoms with Gasteiger partial charge in [0.15, 0.2) is 9.84 Å². The minimum atomic E-state index is -4.27. The zero-order valence-corrected chi connectivity index (χ0v) is 15.6. The normalized spacial score (nSPS) is 15.1. The molecule has 0 unspecified atom stereocenters. The van der Waals surface area contributed by atoms with Crippen LogP contribution in [0.4, 0.5) is 10.1 Å². The maximum atomic E-state index is 14.4. The highest BCUT2D eigenvalue weighted by Crippen LogP contribution is 2.38. The molecule has 0 amide bonds. The molecular weight excluding hydrogens is 389 g/mol. The van der Waals surface area contributed by atoms with Gasteiger partial charge in [0.05, 0.1) is 10.6 Å². The number of benzene rings is 2. The highest BCUT2D eigenvalue weighted by Gasteiger charge is 2.35. The zero-order chi connectivity index (χ0) is 18.4. The molecule has 0 N–H and O–H groups in total. The number of sulfone groups is 1. The molecule has 0 bridgehead atoms. The SMILES string of the molecule is CS(=O)(=O)c1ccccc1S(=O)(=O)N1CCCc2c(Cl)ccc(F)c21. The third-order valence-corrected chi connectivity index (χ3v) is 7.53. The van der Waals surface area contributed by atoms with Crippen LogP contribution in [0, 0.1) is 5.82 Å². The van der Waals surface area contributed by atoms with E-state index in [0.717, 1.165) is 16.6 Å². The van der Waals surface area contributed by atoms with Gasteiger partial charge in [-0.05, 0) is 42.7 Å². The zero-order valence-electron chi connectivity index (χ0n) is 13.2. The Morgan fingerprint density at radius 1 is 1.04 bits per heavy atom. The van der Waals surface area contributed by atoms with Gasteiger partial charge < -0.3 is 0 Å². The second-order valence-electron chi connectivity index (χ2n) is 5.76. The number of hydrogen-bond donors (Lipinski definition) is 0. The predicted octanol–water partition coefficient (Wildman–Crippen LogP) is 3.02. The minimum Gasteiger partial charge on any atom is -0.263 e. The molecule has 1 aliphatic rings. The molecule has 0 atom stereocenters. The van der Waals surface area contributed by atoms with E-state index in [1.165, 1.54) is 30.3 Å². The van der Waals surface area contributed by atoms with Crippen LogP contribution in [-0.4, -0.2) is 29.6 Å². The van der Waals surface area contributed by atoms with Crippen molar-refractivity contribution in [3.8, 4) is 0 Å². The van der Waals surface area contributed by atoms with Crippen LogP contribution in [0.25, 0.3) is 0 Å². The molecule has 5 nitrogen and oxygen atoms in total. The molecule has 0 aromatic heterocycles. The van der Waals surface area contributed by atoms with Gasteiger partial charge in [-0.3, -0.25) is 4.31 Å². The number of rotatable bonds is 3. The van der Waals surface area contributed by atoms with E-state index in [0.29, 0.717) is 18.4 Å². The highest BCUT2D eigenvalue weighted by molar-refractivity contribution is 7.95. The molecule has 1 aliphatic heterocycles. The van der Waals surface area contributed by atoms with Crippen LogP contribution in [0.5, 0.6) is 0 Å². The molecule has 2 aromatic carbocycles. The average molecular weight is 404 g/mol. The van der Waals surface area contributed by atoms with Gasteiger partial charge in [-0.15, -0.1) is 0 Å². The molecule has 25 heavy (non-hydrogen) atoms. The lowest BCUT2D eigenvalue weighted by Gasteiger charge is -2.31. The van der Waals surface area contributed by atoms with E-state index in [-0.39, 0.29) is 27.0 Å². The van der Waals surface area contributed by atoms with Crippen molar-refractivity contribution >= 4 is 37.1 Å². The van der Waals surface area contributed by atoms with Crippen LogP contribution in [-0.2, 0) is 26.3 Å². The summed E-state index contributed by atoms with van der Waals surface area (Å²) in [4.78, 5) is -0.686. The summed E-state index contributed by atoms with van der Waals surface area (Å²) in [6.07, 6.45) is 1.84. The van der Waals surface area contributed by atoms with Gasteiger partial charge in [0.1, 0.15) is 10.7 Å². The van der Waals surface area contributed by atoms with Crippen molar-refractivity contribution < 1.29 is 21.2 Å². The third kappa shape index (κ3) is 3.14. The lowest BCUT2D eigenvalue weighted by Crippen LogP contribution is -2.37. The van der Waals surface area contributed by atoms with Crippen LogP contribution in [0.3, 0.4) is 0 Å². The fourth-order valence-corrected chi connectivity index (χ4v) is 6.32. The van der Waals surface area contributed by atoms with E-state index in [9.17, 15) is 21.2 Å². The molecule has 2 aromatic rings. The van der Waals surface area contributed by atoms with E-state index in [4.69, 9.17) is 11.6 Å². The summed E-state index contributed by atoms with van der Waals surface area (Å²) >= 11 is 6.10. The molecule has 9 heteroatoms. The van der Waals surface area contributed by atoms with Gasteiger partial charge in [0.25, 0.3) is 10.0 Å². The molecule has 0 aliphatic carbocycles. The molecular formula is C16H15ClFNO4S2. The number of halogens is 2. The van der Waals surface area contributed by atoms with Crippen molar-refractivity contribution in [3.05, 3.63) is 52.8 Å². The smallest absolute Gasteiger partial charge is 0.263 e. The van der Waals surface area contributed by atoms with Crippen molar-refractivity contribution in [1.82, 2.24) is 0 Å².